The largest absolute Gasteiger partial charge is 0.350 e. The molecule has 1 unspecified atom stereocenters. The van der Waals surface area contributed by atoms with Crippen LogP contribution in [0.3, 0.4) is 0 Å². The minimum absolute atomic E-state index is 0.288. The lowest BCUT2D eigenvalue weighted by Crippen LogP contribution is -2.36. The van der Waals surface area contributed by atoms with Crippen LogP contribution in [0.1, 0.15) is 0 Å². The summed E-state index contributed by atoms with van der Waals surface area (Å²) in [5.74, 6) is 0. The van der Waals surface area contributed by atoms with Gasteiger partial charge in [-0.2, -0.15) is 4.31 Å². The van der Waals surface area contributed by atoms with Crippen LogP contribution in [-0.4, -0.2) is 14.8 Å². The molecule has 0 aliphatic carbocycles. The van der Waals surface area contributed by atoms with E-state index in [1.54, 1.807) is 18.2 Å². The van der Waals surface area contributed by atoms with Crippen molar-refractivity contribution in [3.05, 3.63) is 30.3 Å². The number of nitrogens with zero attached hydrogens (tertiary/aromatic N) is 1. The van der Waals surface area contributed by atoms with Crippen molar-refractivity contribution < 1.29 is 13.6 Å². The van der Waals surface area contributed by atoms with Gasteiger partial charge in [-0.1, -0.05) is 18.2 Å². The van der Waals surface area contributed by atoms with Gasteiger partial charge in [-0.3, -0.25) is 4.55 Å². The summed E-state index contributed by atoms with van der Waals surface area (Å²) in [5.41, 5.74) is 5.19. The quantitative estimate of drug-likeness (QED) is 0.689. The van der Waals surface area contributed by atoms with E-state index in [2.05, 4.69) is 0 Å². The highest BCUT2D eigenvalue weighted by molar-refractivity contribution is 7.81. The van der Waals surface area contributed by atoms with Crippen molar-refractivity contribution in [2.75, 3.05) is 4.31 Å². The summed E-state index contributed by atoms with van der Waals surface area (Å²) in [6.45, 7) is 0. The van der Waals surface area contributed by atoms with Gasteiger partial charge in [0.2, 0.25) is 0 Å². The number of amides is 2. The predicted octanol–water partition coefficient (Wildman–Crippen LogP) is 0.708. The molecule has 1 rings (SSSR count). The van der Waals surface area contributed by atoms with E-state index in [0.29, 0.717) is 4.31 Å². The normalized spacial score (nSPS) is 12.1. The van der Waals surface area contributed by atoms with Crippen molar-refractivity contribution >= 4 is 23.0 Å². The Kier molecular flexibility index (Phi) is 2.99. The first-order valence-electron chi connectivity index (χ1n) is 3.38. The molecule has 2 amide bonds. The van der Waals surface area contributed by atoms with Crippen molar-refractivity contribution in [3.63, 3.8) is 0 Å². The summed E-state index contributed by atoms with van der Waals surface area (Å²) >= 11 is -2.43. The van der Waals surface area contributed by atoms with Gasteiger partial charge in [0.1, 0.15) is 0 Å². The van der Waals surface area contributed by atoms with E-state index in [1.807, 2.05) is 0 Å². The number of nitrogens with two attached hydrogens (primary N) is 1. The van der Waals surface area contributed by atoms with E-state index in [9.17, 15) is 9.00 Å². The van der Waals surface area contributed by atoms with E-state index < -0.39 is 17.3 Å². The molecule has 0 saturated carbocycles. The van der Waals surface area contributed by atoms with Crippen LogP contribution in [0, 0.1) is 0 Å². The third kappa shape index (κ3) is 2.27. The van der Waals surface area contributed by atoms with Gasteiger partial charge in [0.25, 0.3) is 11.3 Å². The van der Waals surface area contributed by atoms with Crippen molar-refractivity contribution in [3.8, 4) is 0 Å². The Morgan fingerprint density at radius 2 is 1.92 bits per heavy atom. The molecule has 0 spiro atoms. The molecule has 1 atom stereocenters. The zero-order chi connectivity index (χ0) is 9.84. The Labute approximate surface area is 77.6 Å². The van der Waals surface area contributed by atoms with Crippen LogP contribution < -0.4 is 10.0 Å². The number of carbonyl (C=O) groups excluding carboxylic acids is 1. The standard InChI is InChI=1S/C7H8N2O3S/c8-7(10)9(13(11)12)6-4-2-1-3-5-6/h1-5H,(H2,8,10)(H,11,12). The lowest BCUT2D eigenvalue weighted by atomic mass is 10.3. The Morgan fingerprint density at radius 3 is 2.31 bits per heavy atom. The van der Waals surface area contributed by atoms with Crippen molar-refractivity contribution in [2.24, 2.45) is 5.73 Å². The molecule has 0 radical (unpaired) electrons. The Balaban J connectivity index is 3.03. The highest BCUT2D eigenvalue weighted by atomic mass is 32.2. The highest BCUT2D eigenvalue weighted by Gasteiger charge is 2.17. The third-order valence-corrected chi connectivity index (χ3v) is 2.05. The Hall–Kier alpha value is -1.40. The van der Waals surface area contributed by atoms with E-state index in [1.165, 1.54) is 12.1 Å². The zero-order valence-electron chi connectivity index (χ0n) is 6.58. The number of carbonyl (C=O) groups is 1. The summed E-state index contributed by atoms with van der Waals surface area (Å²) in [6, 6.07) is 7.06. The van der Waals surface area contributed by atoms with Crippen LogP contribution in [0.2, 0.25) is 0 Å². The van der Waals surface area contributed by atoms with Gasteiger partial charge < -0.3 is 5.73 Å². The minimum Gasteiger partial charge on any atom is -0.350 e. The Morgan fingerprint density at radius 1 is 1.38 bits per heavy atom. The monoisotopic (exact) mass is 200 g/mol. The summed E-state index contributed by atoms with van der Waals surface area (Å²) < 4.78 is 20.0. The highest BCUT2D eigenvalue weighted by Crippen LogP contribution is 2.13. The Bertz CT molecular complexity index is 314. The molecule has 0 aliphatic heterocycles. The SMILES string of the molecule is NC(=O)N(c1ccccc1)S(=O)O. The van der Waals surface area contributed by atoms with Crippen molar-refractivity contribution in [1.82, 2.24) is 0 Å². The molecule has 6 heteroatoms. The number of primary amides is 1. The number of benzene rings is 1. The first kappa shape index (κ1) is 9.69. The average Bonchev–Trinajstić information content (AvgIpc) is 2.04. The summed E-state index contributed by atoms with van der Waals surface area (Å²) in [7, 11) is 0. The molecule has 0 aliphatic rings. The summed E-state index contributed by atoms with van der Waals surface area (Å²) in [5, 5.41) is 0. The van der Waals surface area contributed by atoms with Crippen LogP contribution in [0.25, 0.3) is 0 Å². The fourth-order valence-corrected chi connectivity index (χ4v) is 1.31. The van der Waals surface area contributed by atoms with E-state index >= 15 is 0 Å². The molecule has 0 fully saturated rings. The molecule has 0 saturated heterocycles. The fraction of sp³-hybridized carbons (Fsp3) is 0. The van der Waals surface area contributed by atoms with E-state index in [-0.39, 0.29) is 5.69 Å². The summed E-state index contributed by atoms with van der Waals surface area (Å²) in [4.78, 5) is 10.7. The zero-order valence-corrected chi connectivity index (χ0v) is 7.40. The second-order valence-corrected chi connectivity index (χ2v) is 3.03. The van der Waals surface area contributed by atoms with E-state index in [4.69, 9.17) is 10.3 Å². The molecule has 70 valence electrons. The van der Waals surface area contributed by atoms with Crippen LogP contribution in [0.15, 0.2) is 30.3 Å². The maximum Gasteiger partial charge on any atom is 0.333 e. The van der Waals surface area contributed by atoms with Crippen molar-refractivity contribution in [1.29, 1.82) is 0 Å². The number of anilines is 1. The maximum absolute atomic E-state index is 10.7. The number of para-hydroxylation sites is 1. The molecule has 0 aromatic heterocycles. The van der Waals surface area contributed by atoms with Gasteiger partial charge in [0.15, 0.2) is 0 Å². The van der Waals surface area contributed by atoms with Gasteiger partial charge in [0.05, 0.1) is 5.69 Å². The van der Waals surface area contributed by atoms with Crippen LogP contribution in [0.4, 0.5) is 10.5 Å². The molecule has 13 heavy (non-hydrogen) atoms. The molecule has 1 aromatic carbocycles. The lowest BCUT2D eigenvalue weighted by Gasteiger charge is -2.14. The van der Waals surface area contributed by atoms with E-state index in [0.717, 1.165) is 0 Å². The predicted molar refractivity (Wildman–Crippen MR) is 49.3 cm³/mol. The van der Waals surface area contributed by atoms with Gasteiger partial charge in [-0.15, -0.1) is 0 Å². The molecule has 1 aromatic rings. The van der Waals surface area contributed by atoms with Crippen LogP contribution in [-0.2, 0) is 11.3 Å². The second kappa shape index (κ2) is 4.01. The lowest BCUT2D eigenvalue weighted by molar-refractivity contribution is 0.256. The number of rotatable bonds is 2. The fourth-order valence-electron chi connectivity index (χ4n) is 0.858. The first-order valence-corrected chi connectivity index (χ1v) is 4.45. The van der Waals surface area contributed by atoms with Gasteiger partial charge in [-0.25, -0.2) is 9.00 Å². The molecule has 5 nitrogen and oxygen atoms in total. The van der Waals surface area contributed by atoms with Crippen LogP contribution >= 0.6 is 0 Å². The average molecular weight is 200 g/mol. The van der Waals surface area contributed by atoms with Gasteiger partial charge >= 0.3 is 6.03 Å². The second-order valence-electron chi connectivity index (χ2n) is 2.20. The smallest absolute Gasteiger partial charge is 0.333 e. The molecule has 0 bridgehead atoms. The molecule has 0 heterocycles. The number of hydrogen-bond acceptors (Lipinski definition) is 2. The van der Waals surface area contributed by atoms with Gasteiger partial charge in [-0.05, 0) is 12.1 Å². The first-order chi connectivity index (χ1) is 6.13. The molecular formula is C7H8N2O3S. The summed E-state index contributed by atoms with van der Waals surface area (Å²) in [6.07, 6.45) is 0. The topological polar surface area (TPSA) is 83.6 Å². The van der Waals surface area contributed by atoms with Gasteiger partial charge in [0, 0.05) is 0 Å². The number of hydrogen-bond donors (Lipinski definition) is 2. The third-order valence-electron chi connectivity index (χ3n) is 1.35. The molecule has 3 N–H and O–H groups in total. The molecular weight excluding hydrogens is 192 g/mol. The van der Waals surface area contributed by atoms with Crippen molar-refractivity contribution in [2.45, 2.75) is 0 Å². The minimum atomic E-state index is -2.43. The number of urea groups is 1. The maximum atomic E-state index is 10.7. The van der Waals surface area contributed by atoms with Crippen LogP contribution in [0.5, 0.6) is 0 Å².